The minimum Gasteiger partial charge on any atom is -0.389 e. The number of alkyl halides is 3. The molecule has 4 heterocycles. The molecular weight excluding hydrogens is 827 g/mol. The second kappa shape index (κ2) is 21.3. The summed E-state index contributed by atoms with van der Waals surface area (Å²) in [5, 5.41) is 18.9. The van der Waals surface area contributed by atoms with E-state index < -0.39 is 28.9 Å². The van der Waals surface area contributed by atoms with Gasteiger partial charge in [0.15, 0.2) is 0 Å². The highest BCUT2D eigenvalue weighted by atomic mass is 32.2. The summed E-state index contributed by atoms with van der Waals surface area (Å²) in [7, 11) is 1.69. The molecule has 2 aliphatic heterocycles. The van der Waals surface area contributed by atoms with Crippen LogP contribution in [0.25, 0.3) is 11.3 Å². The van der Waals surface area contributed by atoms with E-state index in [1.54, 1.807) is 31.9 Å². The number of hydrogen-bond acceptors (Lipinski definition) is 11. The minimum atomic E-state index is -4.70. The lowest BCUT2D eigenvalue weighted by Crippen LogP contribution is -2.49. The second-order valence-corrected chi connectivity index (χ2v) is 17.3. The monoisotopic (exact) mass is 879 g/mol. The number of hydrogen-bond donors (Lipinski definition) is 4. The molecule has 3 aliphatic rings. The number of carbonyl (C=O) groups excluding carboxylic acids is 2. The van der Waals surface area contributed by atoms with Crippen molar-refractivity contribution in [3.8, 4) is 23.1 Å². The van der Waals surface area contributed by atoms with Crippen LogP contribution in [0.3, 0.4) is 0 Å². The fourth-order valence-corrected chi connectivity index (χ4v) is 8.10. The number of nitrogens with one attached hydrogen (secondary N) is 3. The van der Waals surface area contributed by atoms with Crippen molar-refractivity contribution in [2.45, 2.75) is 94.5 Å². The van der Waals surface area contributed by atoms with Crippen molar-refractivity contribution in [3.05, 3.63) is 78.0 Å². The Bertz CT molecular complexity index is 2190. The normalized spacial score (nSPS) is 16.9. The van der Waals surface area contributed by atoms with Gasteiger partial charge < -0.3 is 20.1 Å². The number of aromatic nitrogens is 4. The Kier molecular flexibility index (Phi) is 16.0. The Balaban J connectivity index is 0.000000207. The maximum Gasteiger partial charge on any atom is 0.419 e. The molecule has 4 aromatic rings. The van der Waals surface area contributed by atoms with Gasteiger partial charge in [-0.25, -0.2) is 19.2 Å². The molecule has 2 aromatic carbocycles. The van der Waals surface area contributed by atoms with Crippen LogP contribution in [0.15, 0.2) is 66.0 Å². The standard InChI is InChI=1S/C25H33N3O3.C19H20F4N6OS/c29-24-14-17-28(25(30)26-24)22-10-8-20(9-11-22)7-4-18-31-23-12-15-27(16-13-23)19-21-5-2-1-3-6-21;1-18(2,30)10-29-9-11(7-26-29)16-13(19(21,22)23)8-25-17(28-16)27-15-5-4-12(31-24-3)6-14(15)20/h8-11,21,23H,1-3,5-6,12-19H2,(H,26,29,30);4-9,24,30H,10H2,1-3H3,(H,25,27,28). The topological polar surface area (TPSA) is 150 Å². The average molecular weight is 880 g/mol. The Morgan fingerprint density at radius 1 is 1.00 bits per heavy atom. The number of halogens is 4. The first-order valence-electron chi connectivity index (χ1n) is 20.8. The number of aliphatic hydroxyl groups is 1. The van der Waals surface area contributed by atoms with Gasteiger partial charge in [0.2, 0.25) is 11.9 Å². The van der Waals surface area contributed by atoms with E-state index in [1.807, 2.05) is 24.3 Å². The molecule has 4 N–H and O–H groups in total. The molecule has 2 aromatic heterocycles. The molecular formula is C44H53F4N9O4S. The molecule has 0 atom stereocenters. The van der Waals surface area contributed by atoms with Crippen molar-refractivity contribution >= 4 is 41.2 Å². The van der Waals surface area contributed by atoms with Crippen LogP contribution in [0, 0.1) is 23.6 Å². The SMILES string of the molecule is CNSc1ccc(Nc2ncc(C(F)(F)F)c(-c3cnn(CC(C)(C)O)c3)n2)c(F)c1.O=C1CCN(c2ccc(C#CCOC3CCN(CC4CCCCC4)CC3)cc2)C(=O)N1. The Labute approximate surface area is 363 Å². The van der Waals surface area contributed by atoms with E-state index in [0.717, 1.165) is 43.1 Å². The predicted molar refractivity (Wildman–Crippen MR) is 230 cm³/mol. The summed E-state index contributed by atoms with van der Waals surface area (Å²) >= 11 is 1.21. The van der Waals surface area contributed by atoms with Crippen molar-refractivity contribution in [1.82, 2.24) is 34.7 Å². The molecule has 62 heavy (non-hydrogen) atoms. The zero-order chi connectivity index (χ0) is 44.3. The number of rotatable bonds is 12. The number of ether oxygens (including phenoxy) is 1. The lowest BCUT2D eigenvalue weighted by atomic mass is 9.88. The third kappa shape index (κ3) is 13.7. The number of carbonyl (C=O) groups is 2. The molecule has 0 unspecified atom stereocenters. The van der Waals surface area contributed by atoms with Gasteiger partial charge in [-0.05, 0) is 107 Å². The van der Waals surface area contributed by atoms with Crippen LogP contribution >= 0.6 is 11.9 Å². The van der Waals surface area contributed by atoms with Crippen LogP contribution in [0.4, 0.5) is 39.7 Å². The molecule has 7 rings (SSSR count). The third-order valence-corrected chi connectivity index (χ3v) is 11.3. The molecule has 18 heteroatoms. The quantitative estimate of drug-likeness (QED) is 0.0628. The first-order chi connectivity index (χ1) is 29.6. The number of anilines is 3. The average Bonchev–Trinajstić information content (AvgIpc) is 3.69. The maximum absolute atomic E-state index is 14.3. The highest BCUT2D eigenvalue weighted by molar-refractivity contribution is 7.97. The van der Waals surface area contributed by atoms with Crippen LogP contribution in [0.5, 0.6) is 0 Å². The number of benzene rings is 2. The van der Waals surface area contributed by atoms with Crippen molar-refractivity contribution in [2.24, 2.45) is 5.92 Å². The molecule has 2 saturated heterocycles. The smallest absolute Gasteiger partial charge is 0.389 e. The Morgan fingerprint density at radius 3 is 2.40 bits per heavy atom. The van der Waals surface area contributed by atoms with Gasteiger partial charge in [0.25, 0.3) is 0 Å². The van der Waals surface area contributed by atoms with Gasteiger partial charge in [-0.2, -0.15) is 18.3 Å². The molecule has 332 valence electrons. The molecule has 13 nitrogen and oxygen atoms in total. The number of imide groups is 1. The van der Waals surface area contributed by atoms with Crippen LogP contribution in [-0.4, -0.2) is 93.2 Å². The van der Waals surface area contributed by atoms with Crippen molar-refractivity contribution < 1.29 is 37.0 Å². The lowest BCUT2D eigenvalue weighted by Gasteiger charge is -2.35. The van der Waals surface area contributed by atoms with Gasteiger partial charge in [0.1, 0.15) is 18.0 Å². The fraction of sp³-hybridized carbons (Fsp3) is 0.477. The van der Waals surface area contributed by atoms with Crippen molar-refractivity contribution in [2.75, 3.05) is 50.1 Å². The van der Waals surface area contributed by atoms with Gasteiger partial charge in [-0.1, -0.05) is 31.1 Å². The highest BCUT2D eigenvalue weighted by Gasteiger charge is 2.36. The van der Waals surface area contributed by atoms with E-state index in [9.17, 15) is 32.3 Å². The van der Waals surface area contributed by atoms with E-state index in [-0.39, 0.29) is 35.7 Å². The van der Waals surface area contributed by atoms with Gasteiger partial charge in [0, 0.05) is 66.7 Å². The lowest BCUT2D eigenvalue weighted by molar-refractivity contribution is -0.137. The first kappa shape index (κ1) is 46.4. The van der Waals surface area contributed by atoms with Gasteiger partial charge in [-0.15, -0.1) is 0 Å². The number of likely N-dealkylation sites (tertiary alicyclic amines) is 1. The van der Waals surface area contributed by atoms with E-state index in [0.29, 0.717) is 36.8 Å². The largest absolute Gasteiger partial charge is 0.419 e. The highest BCUT2D eigenvalue weighted by Crippen LogP contribution is 2.36. The zero-order valence-corrected chi connectivity index (χ0v) is 35.9. The second-order valence-electron chi connectivity index (χ2n) is 16.2. The van der Waals surface area contributed by atoms with E-state index >= 15 is 0 Å². The summed E-state index contributed by atoms with van der Waals surface area (Å²) < 4.78 is 65.0. The summed E-state index contributed by atoms with van der Waals surface area (Å²) in [6.07, 6.45) is 8.44. The Morgan fingerprint density at radius 2 is 1.74 bits per heavy atom. The molecule has 0 radical (unpaired) electrons. The molecule has 0 spiro atoms. The van der Waals surface area contributed by atoms with Gasteiger partial charge in [0.05, 0.1) is 35.8 Å². The van der Waals surface area contributed by atoms with E-state index in [2.05, 4.69) is 47.2 Å². The first-order valence-corrected chi connectivity index (χ1v) is 21.6. The van der Waals surface area contributed by atoms with E-state index in [4.69, 9.17) is 4.74 Å². The summed E-state index contributed by atoms with van der Waals surface area (Å²) in [5.41, 5.74) is -0.803. The van der Waals surface area contributed by atoms with Crippen LogP contribution in [-0.2, 0) is 22.3 Å². The minimum absolute atomic E-state index is 0.0175. The molecule has 0 bridgehead atoms. The van der Waals surface area contributed by atoms with Crippen molar-refractivity contribution in [3.63, 3.8) is 0 Å². The number of nitrogens with zero attached hydrogens (tertiary/aromatic N) is 6. The van der Waals surface area contributed by atoms with Gasteiger partial charge >= 0.3 is 12.2 Å². The Hall–Kier alpha value is -5.06. The molecule has 3 fully saturated rings. The number of amides is 3. The predicted octanol–water partition coefficient (Wildman–Crippen LogP) is 7.78. The summed E-state index contributed by atoms with van der Waals surface area (Å²) in [6, 6.07) is 11.5. The number of piperidine rings is 1. The molecule has 1 saturated carbocycles. The molecule has 1 aliphatic carbocycles. The summed E-state index contributed by atoms with van der Waals surface area (Å²) in [4.78, 5) is 35.7. The van der Waals surface area contributed by atoms with Crippen LogP contribution < -0.4 is 20.3 Å². The third-order valence-electron chi connectivity index (χ3n) is 10.6. The van der Waals surface area contributed by atoms with Crippen LogP contribution in [0.1, 0.15) is 76.3 Å². The maximum atomic E-state index is 14.3. The zero-order valence-electron chi connectivity index (χ0n) is 35.1. The fourth-order valence-electron chi connectivity index (χ4n) is 7.56. The molecule has 3 amide bonds. The summed E-state index contributed by atoms with van der Waals surface area (Å²) in [6.45, 7) is 7.60. The van der Waals surface area contributed by atoms with Crippen molar-refractivity contribution in [1.29, 1.82) is 0 Å². The summed E-state index contributed by atoms with van der Waals surface area (Å²) in [5.74, 6) is 6.13. The van der Waals surface area contributed by atoms with E-state index in [1.165, 1.54) is 79.8 Å². The van der Waals surface area contributed by atoms with Crippen LogP contribution in [0.2, 0.25) is 0 Å². The number of urea groups is 1. The van der Waals surface area contributed by atoms with Gasteiger partial charge in [-0.3, -0.25) is 24.4 Å².